The van der Waals surface area contributed by atoms with Crippen molar-refractivity contribution >= 4 is 0 Å². The van der Waals surface area contributed by atoms with E-state index in [1.807, 2.05) is 24.3 Å². The normalized spacial score (nSPS) is 13.4. The van der Waals surface area contributed by atoms with E-state index in [-0.39, 0.29) is 12.1 Å². The molecule has 0 aliphatic carbocycles. The summed E-state index contributed by atoms with van der Waals surface area (Å²) in [5, 5.41) is 0. The Morgan fingerprint density at radius 3 is 1.18 bits per heavy atom. The summed E-state index contributed by atoms with van der Waals surface area (Å²) in [7, 11) is 0. The monoisotopic (exact) mass is 472 g/mol. The molecule has 0 spiro atoms. The van der Waals surface area contributed by atoms with Gasteiger partial charge in [0.05, 0.1) is 12.1 Å². The molecule has 2 heterocycles. The van der Waals surface area contributed by atoms with Gasteiger partial charge in [0.2, 0.25) is 0 Å². The molecule has 4 heteroatoms. The third-order valence-corrected chi connectivity index (χ3v) is 6.96. The van der Waals surface area contributed by atoms with Crippen molar-refractivity contribution in [1.82, 2.24) is 0 Å². The Kier molecular flexibility index (Phi) is 15.1. The highest BCUT2D eigenvalue weighted by Crippen LogP contribution is 2.30. The van der Waals surface area contributed by atoms with E-state index >= 15 is 0 Å². The smallest absolute Gasteiger partial charge is 0.169 e. The summed E-state index contributed by atoms with van der Waals surface area (Å²) in [5.41, 5.74) is 12.8. The lowest BCUT2D eigenvalue weighted by molar-refractivity contribution is 0.417. The third kappa shape index (κ3) is 11.3. The first kappa shape index (κ1) is 28.7. The number of rotatable bonds is 21. The Labute approximate surface area is 209 Å². The van der Waals surface area contributed by atoms with Gasteiger partial charge in [-0.1, -0.05) is 117 Å². The van der Waals surface area contributed by atoms with Crippen LogP contribution >= 0.6 is 0 Å². The minimum atomic E-state index is -0.0486. The molecule has 2 unspecified atom stereocenters. The Bertz CT molecular complexity index is 674. The maximum Gasteiger partial charge on any atom is 0.169 e. The van der Waals surface area contributed by atoms with Crippen molar-refractivity contribution in [2.24, 2.45) is 11.5 Å². The van der Waals surface area contributed by atoms with Crippen LogP contribution in [0.2, 0.25) is 0 Å². The molecule has 4 N–H and O–H groups in total. The molecule has 2 aromatic heterocycles. The Hall–Kier alpha value is -1.52. The zero-order valence-electron chi connectivity index (χ0n) is 22.2. The van der Waals surface area contributed by atoms with Crippen LogP contribution in [0.4, 0.5) is 0 Å². The Balaban J connectivity index is 1.65. The largest absolute Gasteiger partial charge is 0.456 e. The first-order valence-electron chi connectivity index (χ1n) is 14.4. The second-order valence-electron chi connectivity index (χ2n) is 10.1. The van der Waals surface area contributed by atoms with Gasteiger partial charge < -0.3 is 20.3 Å². The van der Waals surface area contributed by atoms with Crippen molar-refractivity contribution in [3.8, 4) is 11.5 Å². The minimum absolute atomic E-state index is 0.0486. The van der Waals surface area contributed by atoms with Gasteiger partial charge in [0.15, 0.2) is 11.5 Å². The Morgan fingerprint density at radius 2 is 0.824 bits per heavy atom. The van der Waals surface area contributed by atoms with E-state index in [0.29, 0.717) is 0 Å². The van der Waals surface area contributed by atoms with E-state index in [9.17, 15) is 0 Å². The summed E-state index contributed by atoms with van der Waals surface area (Å²) in [6.45, 7) is 4.53. The summed E-state index contributed by atoms with van der Waals surface area (Å²) >= 11 is 0. The summed E-state index contributed by atoms with van der Waals surface area (Å²) < 4.78 is 12.1. The van der Waals surface area contributed by atoms with E-state index in [1.165, 1.54) is 89.9 Å². The van der Waals surface area contributed by atoms with Crippen molar-refractivity contribution in [3.05, 3.63) is 35.8 Å². The molecule has 2 atom stereocenters. The lowest BCUT2D eigenvalue weighted by Gasteiger charge is -2.09. The molecule has 0 aliphatic rings. The topological polar surface area (TPSA) is 78.3 Å². The molecule has 0 bridgehead atoms. The standard InChI is InChI=1S/C30H52N2O2/c1-3-5-7-9-11-13-15-17-19-25(31)27-21-23-29(33-27)30-24-22-28(34-30)26(32)20-18-16-14-12-10-8-6-4-2/h21-26H,3-20,31-32H2,1-2H3. The minimum Gasteiger partial charge on any atom is -0.456 e. The summed E-state index contributed by atoms with van der Waals surface area (Å²) in [5.74, 6) is 3.18. The maximum atomic E-state index is 6.39. The molecule has 0 saturated heterocycles. The molecule has 0 radical (unpaired) electrons. The number of unbranched alkanes of at least 4 members (excludes halogenated alkanes) is 14. The molecule has 34 heavy (non-hydrogen) atoms. The molecule has 2 aromatic rings. The van der Waals surface area contributed by atoms with E-state index in [4.69, 9.17) is 20.3 Å². The SMILES string of the molecule is CCCCCCCCCCC(N)c1ccc(-c2ccc(C(N)CCCCCCCCCC)o2)o1. The van der Waals surface area contributed by atoms with Gasteiger partial charge in [-0.2, -0.15) is 0 Å². The van der Waals surface area contributed by atoms with E-state index in [2.05, 4.69) is 13.8 Å². The van der Waals surface area contributed by atoms with Gasteiger partial charge in [-0.3, -0.25) is 0 Å². The van der Waals surface area contributed by atoms with Gasteiger partial charge in [0, 0.05) is 0 Å². The predicted octanol–water partition coefficient (Wildman–Crippen LogP) is 9.60. The lowest BCUT2D eigenvalue weighted by atomic mass is 10.0. The van der Waals surface area contributed by atoms with Gasteiger partial charge in [-0.25, -0.2) is 0 Å². The lowest BCUT2D eigenvalue weighted by Crippen LogP contribution is -2.09. The van der Waals surface area contributed by atoms with Gasteiger partial charge >= 0.3 is 0 Å². The van der Waals surface area contributed by atoms with Gasteiger partial charge in [-0.15, -0.1) is 0 Å². The molecular formula is C30H52N2O2. The summed E-state index contributed by atoms with van der Waals surface area (Å²) in [4.78, 5) is 0. The van der Waals surface area contributed by atoms with Crippen LogP contribution in [0.25, 0.3) is 11.5 Å². The van der Waals surface area contributed by atoms with Crippen LogP contribution in [0.1, 0.15) is 153 Å². The van der Waals surface area contributed by atoms with Crippen LogP contribution in [-0.2, 0) is 0 Å². The fourth-order valence-electron chi connectivity index (χ4n) is 4.65. The van der Waals surface area contributed by atoms with E-state index in [0.717, 1.165) is 48.7 Å². The van der Waals surface area contributed by atoms with Crippen LogP contribution in [0.3, 0.4) is 0 Å². The molecule has 0 aliphatic heterocycles. The van der Waals surface area contributed by atoms with Crippen molar-refractivity contribution in [2.45, 2.75) is 142 Å². The van der Waals surface area contributed by atoms with E-state index in [1.54, 1.807) is 0 Å². The molecule has 2 rings (SSSR count). The predicted molar refractivity (Wildman–Crippen MR) is 145 cm³/mol. The van der Waals surface area contributed by atoms with Crippen LogP contribution in [0.5, 0.6) is 0 Å². The molecule has 0 saturated carbocycles. The molecule has 0 aromatic carbocycles. The molecule has 0 fully saturated rings. The van der Waals surface area contributed by atoms with Crippen LogP contribution < -0.4 is 11.5 Å². The first-order chi connectivity index (χ1) is 16.7. The number of hydrogen-bond acceptors (Lipinski definition) is 4. The fourth-order valence-corrected chi connectivity index (χ4v) is 4.65. The van der Waals surface area contributed by atoms with Crippen LogP contribution in [0, 0.1) is 0 Å². The highest BCUT2D eigenvalue weighted by molar-refractivity contribution is 5.50. The van der Waals surface area contributed by atoms with E-state index < -0.39 is 0 Å². The second kappa shape index (κ2) is 17.8. The first-order valence-corrected chi connectivity index (χ1v) is 14.4. The van der Waals surface area contributed by atoms with Crippen molar-refractivity contribution in [1.29, 1.82) is 0 Å². The second-order valence-corrected chi connectivity index (χ2v) is 10.1. The zero-order valence-corrected chi connectivity index (χ0v) is 22.2. The molecule has 4 nitrogen and oxygen atoms in total. The average Bonchev–Trinajstić information content (AvgIpc) is 3.52. The molecule has 0 amide bonds. The average molecular weight is 473 g/mol. The third-order valence-electron chi connectivity index (χ3n) is 6.96. The highest BCUT2D eigenvalue weighted by Gasteiger charge is 2.16. The Morgan fingerprint density at radius 1 is 0.500 bits per heavy atom. The number of furan rings is 2. The maximum absolute atomic E-state index is 6.39. The van der Waals surface area contributed by atoms with Gasteiger partial charge in [0.25, 0.3) is 0 Å². The van der Waals surface area contributed by atoms with Crippen LogP contribution in [-0.4, -0.2) is 0 Å². The van der Waals surface area contributed by atoms with Crippen molar-refractivity contribution in [3.63, 3.8) is 0 Å². The summed E-state index contributed by atoms with van der Waals surface area (Å²) in [6, 6.07) is 7.83. The highest BCUT2D eigenvalue weighted by atomic mass is 16.4. The molecule has 194 valence electrons. The van der Waals surface area contributed by atoms with Gasteiger partial charge in [0.1, 0.15) is 11.5 Å². The number of hydrogen-bond donors (Lipinski definition) is 2. The molecular weight excluding hydrogens is 420 g/mol. The quantitative estimate of drug-likeness (QED) is 0.177. The van der Waals surface area contributed by atoms with Crippen molar-refractivity contribution in [2.75, 3.05) is 0 Å². The van der Waals surface area contributed by atoms with Gasteiger partial charge in [-0.05, 0) is 37.1 Å². The number of nitrogens with two attached hydrogens (primary N) is 2. The summed E-state index contributed by atoms with van der Waals surface area (Å²) in [6.07, 6.45) is 22.9. The van der Waals surface area contributed by atoms with Crippen LogP contribution in [0.15, 0.2) is 33.1 Å². The zero-order chi connectivity index (χ0) is 24.4. The fraction of sp³-hybridized carbons (Fsp3) is 0.733. The van der Waals surface area contributed by atoms with Crippen molar-refractivity contribution < 1.29 is 8.83 Å².